The molecular weight excluding hydrogens is 154 g/mol. The molecule has 12 heavy (non-hydrogen) atoms. The third kappa shape index (κ3) is 1.23. The Kier molecular flexibility index (Phi) is 1.66. The van der Waals surface area contributed by atoms with Gasteiger partial charge in [0.1, 0.15) is 6.61 Å². The zero-order valence-electron chi connectivity index (χ0n) is 6.77. The number of rotatable bonds is 1. The van der Waals surface area contributed by atoms with Crippen molar-refractivity contribution in [3.63, 3.8) is 0 Å². The summed E-state index contributed by atoms with van der Waals surface area (Å²) in [5.41, 5.74) is 1.91. The van der Waals surface area contributed by atoms with Gasteiger partial charge in [-0.2, -0.15) is 0 Å². The molecule has 0 N–H and O–H groups in total. The molecule has 0 amide bonds. The van der Waals surface area contributed by atoms with E-state index in [2.05, 4.69) is 10.3 Å². The Hall–Kier alpha value is -1.58. The van der Waals surface area contributed by atoms with Gasteiger partial charge in [-0.3, -0.25) is 0 Å². The molecule has 0 radical (unpaired) electrons. The Balaban J connectivity index is 2.30. The molecule has 1 aromatic rings. The maximum Gasteiger partial charge on any atom is 0.129 e. The molecule has 2 rings (SSSR count). The molecule has 1 aromatic heterocycles. The van der Waals surface area contributed by atoms with E-state index < -0.39 is 0 Å². The molecule has 0 aromatic carbocycles. The standard InChI is InChI=1S/C8H9N3O/c1-7-5-11(10-9-7)8-3-2-4-12-6-8/h2-5H,6H2,1H3. The molecule has 2 heterocycles. The number of ether oxygens (including phenoxy) is 1. The van der Waals surface area contributed by atoms with Crippen LogP contribution in [0.3, 0.4) is 0 Å². The van der Waals surface area contributed by atoms with Crippen molar-refractivity contribution in [2.24, 2.45) is 0 Å². The molecule has 0 saturated heterocycles. The lowest BCUT2D eigenvalue weighted by Gasteiger charge is -2.08. The number of aromatic nitrogens is 3. The first-order valence-corrected chi connectivity index (χ1v) is 3.73. The lowest BCUT2D eigenvalue weighted by molar-refractivity contribution is 0.286. The predicted molar refractivity (Wildman–Crippen MR) is 44.1 cm³/mol. The summed E-state index contributed by atoms with van der Waals surface area (Å²) in [6.45, 7) is 2.46. The van der Waals surface area contributed by atoms with Gasteiger partial charge in [-0.1, -0.05) is 5.21 Å². The minimum atomic E-state index is 0.555. The van der Waals surface area contributed by atoms with E-state index in [1.54, 1.807) is 10.9 Å². The van der Waals surface area contributed by atoms with Crippen LogP contribution in [0.1, 0.15) is 5.69 Å². The largest absolute Gasteiger partial charge is 0.495 e. The molecular formula is C8H9N3O. The van der Waals surface area contributed by atoms with Gasteiger partial charge in [-0.05, 0) is 19.1 Å². The van der Waals surface area contributed by atoms with E-state index in [1.165, 1.54) is 0 Å². The summed E-state index contributed by atoms with van der Waals surface area (Å²) < 4.78 is 6.83. The molecule has 0 atom stereocenters. The summed E-state index contributed by atoms with van der Waals surface area (Å²) in [5, 5.41) is 7.81. The number of hydrogen-bond acceptors (Lipinski definition) is 3. The van der Waals surface area contributed by atoms with Gasteiger partial charge in [0.25, 0.3) is 0 Å². The maximum absolute atomic E-state index is 5.11. The van der Waals surface area contributed by atoms with Crippen LogP contribution in [-0.4, -0.2) is 21.6 Å². The number of aryl methyl sites for hydroxylation is 1. The molecule has 1 aliphatic rings. The van der Waals surface area contributed by atoms with Gasteiger partial charge in [-0.15, -0.1) is 5.10 Å². The van der Waals surface area contributed by atoms with Crippen molar-refractivity contribution in [3.05, 3.63) is 30.3 Å². The van der Waals surface area contributed by atoms with Gasteiger partial charge >= 0.3 is 0 Å². The molecule has 0 fully saturated rings. The first kappa shape index (κ1) is 7.09. The van der Waals surface area contributed by atoms with Crippen LogP contribution in [-0.2, 0) is 4.74 Å². The summed E-state index contributed by atoms with van der Waals surface area (Å²) >= 11 is 0. The summed E-state index contributed by atoms with van der Waals surface area (Å²) in [5.74, 6) is 0. The summed E-state index contributed by atoms with van der Waals surface area (Å²) in [6.07, 6.45) is 7.33. The van der Waals surface area contributed by atoms with E-state index in [0.717, 1.165) is 11.4 Å². The van der Waals surface area contributed by atoms with Gasteiger partial charge in [0.15, 0.2) is 0 Å². The van der Waals surface area contributed by atoms with Crippen LogP contribution in [0.15, 0.2) is 24.6 Å². The Morgan fingerprint density at radius 3 is 3.08 bits per heavy atom. The predicted octanol–water partition coefficient (Wildman–Crippen LogP) is 0.971. The van der Waals surface area contributed by atoms with Crippen molar-refractivity contribution in [1.82, 2.24) is 15.0 Å². The molecule has 62 valence electrons. The second-order valence-corrected chi connectivity index (χ2v) is 2.60. The highest BCUT2D eigenvalue weighted by molar-refractivity contribution is 5.48. The van der Waals surface area contributed by atoms with Crippen molar-refractivity contribution in [3.8, 4) is 0 Å². The van der Waals surface area contributed by atoms with E-state index in [-0.39, 0.29) is 0 Å². The second kappa shape index (κ2) is 2.81. The van der Waals surface area contributed by atoms with Crippen molar-refractivity contribution < 1.29 is 4.74 Å². The van der Waals surface area contributed by atoms with Crippen molar-refractivity contribution in [2.45, 2.75) is 6.92 Å². The van der Waals surface area contributed by atoms with Crippen LogP contribution in [0.2, 0.25) is 0 Å². The Labute approximate surface area is 70.1 Å². The van der Waals surface area contributed by atoms with Crippen molar-refractivity contribution in [2.75, 3.05) is 6.61 Å². The molecule has 0 bridgehead atoms. The Morgan fingerprint density at radius 1 is 1.58 bits per heavy atom. The molecule has 0 aliphatic carbocycles. The number of allylic oxidation sites excluding steroid dienone is 2. The zero-order valence-corrected chi connectivity index (χ0v) is 6.77. The number of nitrogens with zero attached hydrogens (tertiary/aromatic N) is 3. The minimum absolute atomic E-state index is 0.555. The smallest absolute Gasteiger partial charge is 0.129 e. The normalized spacial score (nSPS) is 15.6. The van der Waals surface area contributed by atoms with Gasteiger partial charge in [0, 0.05) is 0 Å². The van der Waals surface area contributed by atoms with Crippen LogP contribution in [0.25, 0.3) is 5.70 Å². The summed E-state index contributed by atoms with van der Waals surface area (Å²) in [4.78, 5) is 0. The topological polar surface area (TPSA) is 39.9 Å². The molecule has 0 saturated carbocycles. The van der Waals surface area contributed by atoms with Crippen LogP contribution < -0.4 is 0 Å². The quantitative estimate of drug-likeness (QED) is 0.619. The van der Waals surface area contributed by atoms with Crippen LogP contribution in [0.4, 0.5) is 0 Å². The maximum atomic E-state index is 5.11. The first-order valence-electron chi connectivity index (χ1n) is 3.73. The average Bonchev–Trinajstić information content (AvgIpc) is 2.54. The van der Waals surface area contributed by atoms with E-state index in [1.807, 2.05) is 25.3 Å². The lowest BCUT2D eigenvalue weighted by Crippen LogP contribution is -2.05. The second-order valence-electron chi connectivity index (χ2n) is 2.60. The van der Waals surface area contributed by atoms with E-state index in [4.69, 9.17) is 4.74 Å². The average molecular weight is 163 g/mol. The molecule has 4 nitrogen and oxygen atoms in total. The van der Waals surface area contributed by atoms with Gasteiger partial charge in [-0.25, -0.2) is 4.68 Å². The van der Waals surface area contributed by atoms with Gasteiger partial charge in [0.05, 0.1) is 23.8 Å². The fourth-order valence-corrected chi connectivity index (χ4v) is 1.02. The lowest BCUT2D eigenvalue weighted by atomic mass is 10.3. The van der Waals surface area contributed by atoms with Crippen molar-refractivity contribution in [1.29, 1.82) is 0 Å². The highest BCUT2D eigenvalue weighted by Gasteiger charge is 2.04. The van der Waals surface area contributed by atoms with Crippen LogP contribution in [0, 0.1) is 6.92 Å². The van der Waals surface area contributed by atoms with Gasteiger partial charge in [0.2, 0.25) is 0 Å². The summed E-state index contributed by atoms with van der Waals surface area (Å²) in [7, 11) is 0. The monoisotopic (exact) mass is 163 g/mol. The zero-order chi connectivity index (χ0) is 8.39. The molecule has 0 spiro atoms. The van der Waals surface area contributed by atoms with E-state index in [0.29, 0.717) is 6.61 Å². The minimum Gasteiger partial charge on any atom is -0.495 e. The molecule has 1 aliphatic heterocycles. The fourth-order valence-electron chi connectivity index (χ4n) is 1.02. The third-order valence-corrected chi connectivity index (χ3v) is 1.60. The molecule has 0 unspecified atom stereocenters. The third-order valence-electron chi connectivity index (χ3n) is 1.60. The Bertz CT molecular complexity index is 338. The summed E-state index contributed by atoms with van der Waals surface area (Å²) in [6, 6.07) is 0. The fraction of sp³-hybridized carbons (Fsp3) is 0.250. The van der Waals surface area contributed by atoms with E-state index >= 15 is 0 Å². The van der Waals surface area contributed by atoms with Crippen LogP contribution in [0.5, 0.6) is 0 Å². The van der Waals surface area contributed by atoms with Crippen LogP contribution >= 0.6 is 0 Å². The number of hydrogen-bond donors (Lipinski definition) is 0. The Morgan fingerprint density at radius 2 is 2.50 bits per heavy atom. The molecule has 4 heteroatoms. The first-order chi connectivity index (χ1) is 5.86. The SMILES string of the molecule is Cc1cn(C2=CC=COC2)nn1. The van der Waals surface area contributed by atoms with Crippen molar-refractivity contribution >= 4 is 5.70 Å². The van der Waals surface area contributed by atoms with Gasteiger partial charge < -0.3 is 4.74 Å². The van der Waals surface area contributed by atoms with E-state index in [9.17, 15) is 0 Å². The highest BCUT2D eigenvalue weighted by Crippen LogP contribution is 2.08. The highest BCUT2D eigenvalue weighted by atomic mass is 16.5.